The molecular formula is C12H18N2O2. The van der Waals surface area contributed by atoms with Crippen LogP contribution in [0, 0.1) is 22.7 Å². The van der Waals surface area contributed by atoms with Crippen molar-refractivity contribution in [2.75, 3.05) is 6.54 Å². The highest BCUT2D eigenvalue weighted by Crippen LogP contribution is 2.38. The molecule has 0 bridgehead atoms. The first kappa shape index (κ1) is 12.7. The van der Waals surface area contributed by atoms with E-state index in [2.05, 4.69) is 0 Å². The number of amides is 2. The third-order valence-electron chi connectivity index (χ3n) is 2.91. The van der Waals surface area contributed by atoms with E-state index in [-0.39, 0.29) is 31.2 Å². The van der Waals surface area contributed by atoms with Crippen LogP contribution < -0.4 is 0 Å². The van der Waals surface area contributed by atoms with E-state index in [4.69, 9.17) is 5.26 Å². The van der Waals surface area contributed by atoms with Crippen molar-refractivity contribution in [2.24, 2.45) is 11.3 Å². The standard InChI is InChI=1S/C12H18N2O2/c1-9(2)7-12(3)8-10(15)14(11(12)16)6-4-5-13/h9H,4,6-8H2,1-3H3. The maximum Gasteiger partial charge on any atom is 0.235 e. The van der Waals surface area contributed by atoms with Crippen molar-refractivity contribution >= 4 is 11.8 Å². The monoisotopic (exact) mass is 222 g/mol. The number of nitrogens with zero attached hydrogens (tertiary/aromatic N) is 2. The average Bonchev–Trinajstić information content (AvgIpc) is 2.35. The number of carbonyl (C=O) groups excluding carboxylic acids is 2. The van der Waals surface area contributed by atoms with Gasteiger partial charge in [0.1, 0.15) is 0 Å². The molecule has 0 aromatic carbocycles. The smallest absolute Gasteiger partial charge is 0.235 e. The molecule has 1 rings (SSSR count). The molecule has 1 saturated heterocycles. The zero-order chi connectivity index (χ0) is 12.3. The Morgan fingerprint density at radius 2 is 2.12 bits per heavy atom. The number of hydrogen-bond acceptors (Lipinski definition) is 3. The van der Waals surface area contributed by atoms with Crippen molar-refractivity contribution in [3.05, 3.63) is 0 Å². The molecule has 0 N–H and O–H groups in total. The second-order valence-corrected chi connectivity index (χ2v) is 5.09. The minimum Gasteiger partial charge on any atom is -0.281 e. The third kappa shape index (κ3) is 2.41. The molecular weight excluding hydrogens is 204 g/mol. The molecule has 88 valence electrons. The minimum absolute atomic E-state index is 0.110. The normalized spacial score (nSPS) is 25.3. The lowest BCUT2D eigenvalue weighted by Crippen LogP contribution is -2.35. The molecule has 4 nitrogen and oxygen atoms in total. The number of imide groups is 1. The van der Waals surface area contributed by atoms with Crippen LogP contribution in [0.1, 0.15) is 40.0 Å². The first-order valence-corrected chi connectivity index (χ1v) is 5.62. The molecule has 0 radical (unpaired) electrons. The van der Waals surface area contributed by atoms with E-state index >= 15 is 0 Å². The third-order valence-corrected chi connectivity index (χ3v) is 2.91. The topological polar surface area (TPSA) is 61.2 Å². The summed E-state index contributed by atoms with van der Waals surface area (Å²) < 4.78 is 0. The minimum atomic E-state index is -0.555. The highest BCUT2D eigenvalue weighted by molar-refractivity contribution is 6.05. The molecule has 0 aliphatic carbocycles. The Labute approximate surface area is 96.2 Å². The summed E-state index contributed by atoms with van der Waals surface area (Å²) in [5, 5.41) is 8.48. The zero-order valence-corrected chi connectivity index (χ0v) is 10.1. The molecule has 1 fully saturated rings. The number of likely N-dealkylation sites (tertiary alicyclic amines) is 1. The van der Waals surface area contributed by atoms with Crippen LogP contribution in [0.3, 0.4) is 0 Å². The Hall–Kier alpha value is -1.37. The van der Waals surface area contributed by atoms with E-state index in [9.17, 15) is 9.59 Å². The van der Waals surface area contributed by atoms with Gasteiger partial charge in [-0.05, 0) is 12.3 Å². The molecule has 0 saturated carbocycles. The van der Waals surface area contributed by atoms with E-state index in [1.807, 2.05) is 26.8 Å². The molecule has 2 amide bonds. The Morgan fingerprint density at radius 1 is 1.50 bits per heavy atom. The number of rotatable bonds is 4. The summed E-state index contributed by atoms with van der Waals surface area (Å²) in [5.74, 6) is 0.141. The molecule has 0 aromatic rings. The number of carbonyl (C=O) groups is 2. The largest absolute Gasteiger partial charge is 0.281 e. The summed E-state index contributed by atoms with van der Waals surface area (Å²) in [6, 6.07) is 1.96. The van der Waals surface area contributed by atoms with Gasteiger partial charge in [-0.1, -0.05) is 20.8 Å². The van der Waals surface area contributed by atoms with Gasteiger partial charge in [-0.25, -0.2) is 0 Å². The SMILES string of the molecule is CC(C)CC1(C)CC(=O)N(CCC#N)C1=O. The highest BCUT2D eigenvalue weighted by atomic mass is 16.2. The Morgan fingerprint density at radius 3 is 2.62 bits per heavy atom. The Balaban J connectivity index is 2.77. The first-order valence-electron chi connectivity index (χ1n) is 5.62. The summed E-state index contributed by atoms with van der Waals surface area (Å²) in [7, 11) is 0. The molecule has 0 spiro atoms. The zero-order valence-electron chi connectivity index (χ0n) is 10.1. The fraction of sp³-hybridized carbons (Fsp3) is 0.750. The maximum absolute atomic E-state index is 12.1. The second-order valence-electron chi connectivity index (χ2n) is 5.09. The molecule has 1 aliphatic rings. The molecule has 1 heterocycles. The summed E-state index contributed by atoms with van der Waals surface area (Å²) >= 11 is 0. The summed E-state index contributed by atoms with van der Waals surface area (Å²) in [5.41, 5.74) is -0.555. The van der Waals surface area contributed by atoms with Crippen molar-refractivity contribution in [1.29, 1.82) is 5.26 Å². The molecule has 1 atom stereocenters. The Kier molecular flexibility index (Phi) is 3.69. The van der Waals surface area contributed by atoms with Crippen LogP contribution in [0.15, 0.2) is 0 Å². The highest BCUT2D eigenvalue weighted by Gasteiger charge is 2.47. The molecule has 16 heavy (non-hydrogen) atoms. The average molecular weight is 222 g/mol. The van der Waals surface area contributed by atoms with E-state index in [1.54, 1.807) is 0 Å². The molecule has 4 heteroatoms. The lowest BCUT2D eigenvalue weighted by atomic mass is 9.80. The fourth-order valence-electron chi connectivity index (χ4n) is 2.39. The second kappa shape index (κ2) is 4.65. The quantitative estimate of drug-likeness (QED) is 0.680. The molecule has 1 aliphatic heterocycles. The van der Waals surface area contributed by atoms with E-state index in [0.717, 1.165) is 6.42 Å². The van der Waals surface area contributed by atoms with Crippen LogP contribution in [0.4, 0.5) is 0 Å². The Bertz CT molecular complexity index is 343. The maximum atomic E-state index is 12.1. The van der Waals surface area contributed by atoms with Gasteiger partial charge < -0.3 is 0 Å². The molecule has 1 unspecified atom stereocenters. The number of hydrogen-bond donors (Lipinski definition) is 0. The van der Waals surface area contributed by atoms with Crippen LogP contribution in [-0.2, 0) is 9.59 Å². The lowest BCUT2D eigenvalue weighted by molar-refractivity contribution is -0.141. The van der Waals surface area contributed by atoms with Crippen molar-refractivity contribution in [3.8, 4) is 6.07 Å². The van der Waals surface area contributed by atoms with E-state index in [0.29, 0.717) is 5.92 Å². The lowest BCUT2D eigenvalue weighted by Gasteiger charge is -2.23. The summed E-state index contributed by atoms with van der Waals surface area (Å²) in [6.07, 6.45) is 1.23. The first-order chi connectivity index (χ1) is 7.40. The van der Waals surface area contributed by atoms with Crippen LogP contribution in [0.2, 0.25) is 0 Å². The van der Waals surface area contributed by atoms with Gasteiger partial charge in [-0.2, -0.15) is 5.26 Å². The van der Waals surface area contributed by atoms with E-state index in [1.165, 1.54) is 4.90 Å². The van der Waals surface area contributed by atoms with Gasteiger partial charge in [0.05, 0.1) is 17.9 Å². The van der Waals surface area contributed by atoms with Gasteiger partial charge in [-0.3, -0.25) is 14.5 Å². The van der Waals surface area contributed by atoms with Crippen molar-refractivity contribution in [3.63, 3.8) is 0 Å². The molecule has 0 aromatic heterocycles. The fourth-order valence-corrected chi connectivity index (χ4v) is 2.39. The number of nitriles is 1. The van der Waals surface area contributed by atoms with Crippen molar-refractivity contribution in [2.45, 2.75) is 40.0 Å². The predicted octanol–water partition coefficient (Wildman–Crippen LogP) is 1.71. The predicted molar refractivity (Wildman–Crippen MR) is 59.1 cm³/mol. The summed E-state index contributed by atoms with van der Waals surface area (Å²) in [6.45, 7) is 6.17. The van der Waals surface area contributed by atoms with Crippen LogP contribution in [-0.4, -0.2) is 23.3 Å². The van der Waals surface area contributed by atoms with Gasteiger partial charge in [0.15, 0.2) is 0 Å². The van der Waals surface area contributed by atoms with Gasteiger partial charge >= 0.3 is 0 Å². The van der Waals surface area contributed by atoms with Crippen molar-refractivity contribution in [1.82, 2.24) is 4.90 Å². The van der Waals surface area contributed by atoms with Crippen LogP contribution >= 0.6 is 0 Å². The van der Waals surface area contributed by atoms with E-state index < -0.39 is 5.41 Å². The summed E-state index contributed by atoms with van der Waals surface area (Å²) in [4.78, 5) is 25.0. The van der Waals surface area contributed by atoms with Gasteiger partial charge in [0.2, 0.25) is 11.8 Å². The van der Waals surface area contributed by atoms with Crippen molar-refractivity contribution < 1.29 is 9.59 Å². The van der Waals surface area contributed by atoms with Crippen LogP contribution in [0.5, 0.6) is 0 Å². The van der Waals surface area contributed by atoms with Gasteiger partial charge in [-0.15, -0.1) is 0 Å². The van der Waals surface area contributed by atoms with Crippen LogP contribution in [0.25, 0.3) is 0 Å². The van der Waals surface area contributed by atoms with Gasteiger partial charge in [0.25, 0.3) is 0 Å². The van der Waals surface area contributed by atoms with Gasteiger partial charge in [0, 0.05) is 13.0 Å².